The Kier molecular flexibility index (Phi) is 6.84. The number of ether oxygens (including phenoxy) is 1. The van der Waals surface area contributed by atoms with Crippen LogP contribution in [0.15, 0.2) is 36.5 Å². The Balaban J connectivity index is 1.55. The highest BCUT2D eigenvalue weighted by Gasteiger charge is 2.19. The van der Waals surface area contributed by atoms with E-state index in [0.29, 0.717) is 18.0 Å². The summed E-state index contributed by atoms with van der Waals surface area (Å²) in [6.07, 6.45) is 3.11. The lowest BCUT2D eigenvalue weighted by atomic mass is 10.3. The number of pyridine rings is 1. The van der Waals surface area contributed by atoms with Crippen molar-refractivity contribution in [2.75, 3.05) is 44.3 Å². The number of likely N-dealkylation sites (N-methyl/N-ethyl adjacent to an activating group) is 1. The van der Waals surface area contributed by atoms with E-state index in [2.05, 4.69) is 15.2 Å². The Morgan fingerprint density at radius 1 is 1.38 bits per heavy atom. The van der Waals surface area contributed by atoms with E-state index in [9.17, 15) is 14.3 Å². The van der Waals surface area contributed by atoms with Gasteiger partial charge in [-0.3, -0.25) is 5.32 Å². The minimum atomic E-state index is -0.625. The third kappa shape index (κ3) is 6.03. The molecular weight excluding hydrogens is 377 g/mol. The Labute approximate surface area is 169 Å². The fourth-order valence-electron chi connectivity index (χ4n) is 3.19. The van der Waals surface area contributed by atoms with Crippen molar-refractivity contribution in [1.29, 1.82) is 0 Å². The molecule has 2 heterocycles. The number of aliphatic hydroxyl groups is 1. The first-order valence-corrected chi connectivity index (χ1v) is 9.52. The zero-order valence-electron chi connectivity index (χ0n) is 16.3. The standard InChI is InChI=1S/C20H26FN5O3/c1-25(12-15(27)13-26-8-2-3-9-26)20(28)24-19-11-16(6-7-23-19)29-18-5-4-14(22)10-17(18)21/h4-7,10-11,15,27H,2-3,8-9,12-13,22H2,1H3,(H,23,24,28)/t15-/m0/s1. The first-order valence-electron chi connectivity index (χ1n) is 9.52. The molecule has 1 fully saturated rings. The summed E-state index contributed by atoms with van der Waals surface area (Å²) in [5, 5.41) is 12.9. The van der Waals surface area contributed by atoms with Gasteiger partial charge in [-0.1, -0.05) is 0 Å². The second-order valence-corrected chi connectivity index (χ2v) is 7.14. The van der Waals surface area contributed by atoms with Crippen LogP contribution in [0.4, 0.5) is 20.7 Å². The lowest BCUT2D eigenvalue weighted by molar-refractivity contribution is 0.0993. The van der Waals surface area contributed by atoms with E-state index in [-0.39, 0.29) is 18.1 Å². The maximum absolute atomic E-state index is 13.9. The number of nitrogen functional groups attached to an aromatic ring is 1. The van der Waals surface area contributed by atoms with Crippen LogP contribution >= 0.6 is 0 Å². The number of rotatable bonds is 7. The lowest BCUT2D eigenvalue weighted by Crippen LogP contribution is -2.41. The van der Waals surface area contributed by atoms with E-state index in [0.717, 1.165) is 25.9 Å². The number of nitrogens with zero attached hydrogens (tertiary/aromatic N) is 3. The van der Waals surface area contributed by atoms with E-state index in [1.54, 1.807) is 13.1 Å². The molecule has 0 spiro atoms. The van der Waals surface area contributed by atoms with Crippen molar-refractivity contribution in [3.63, 3.8) is 0 Å². The van der Waals surface area contributed by atoms with Gasteiger partial charge >= 0.3 is 6.03 Å². The zero-order valence-corrected chi connectivity index (χ0v) is 16.3. The van der Waals surface area contributed by atoms with Gasteiger partial charge in [0.15, 0.2) is 11.6 Å². The van der Waals surface area contributed by atoms with Crippen molar-refractivity contribution >= 4 is 17.5 Å². The molecule has 2 aromatic rings. The van der Waals surface area contributed by atoms with Gasteiger partial charge in [0.2, 0.25) is 0 Å². The largest absolute Gasteiger partial charge is 0.454 e. The number of likely N-dealkylation sites (tertiary alicyclic amines) is 1. The number of β-amino-alcohol motifs (C(OH)–C–C–N with tert-alkyl or cyclic N) is 1. The van der Waals surface area contributed by atoms with Crippen LogP contribution in [0.2, 0.25) is 0 Å². The maximum atomic E-state index is 13.9. The number of nitrogens with two attached hydrogens (primary N) is 1. The van der Waals surface area contributed by atoms with E-state index in [1.807, 2.05) is 0 Å². The Bertz CT molecular complexity index is 845. The minimum absolute atomic E-state index is 0.0184. The summed E-state index contributed by atoms with van der Waals surface area (Å²) in [4.78, 5) is 20.0. The summed E-state index contributed by atoms with van der Waals surface area (Å²) >= 11 is 0. The van der Waals surface area contributed by atoms with Gasteiger partial charge in [0.1, 0.15) is 11.6 Å². The molecule has 0 unspecified atom stereocenters. The molecule has 2 amide bonds. The molecule has 0 bridgehead atoms. The zero-order chi connectivity index (χ0) is 20.8. The predicted molar refractivity (Wildman–Crippen MR) is 108 cm³/mol. The van der Waals surface area contributed by atoms with Crippen molar-refractivity contribution in [2.24, 2.45) is 0 Å². The molecule has 0 saturated carbocycles. The highest BCUT2D eigenvalue weighted by atomic mass is 19.1. The number of amides is 2. The number of hydrogen-bond donors (Lipinski definition) is 3. The molecule has 3 rings (SSSR count). The van der Waals surface area contributed by atoms with E-state index in [4.69, 9.17) is 10.5 Å². The van der Waals surface area contributed by atoms with Crippen LogP contribution in [0.1, 0.15) is 12.8 Å². The average molecular weight is 403 g/mol. The number of halogens is 1. The summed E-state index contributed by atoms with van der Waals surface area (Å²) in [5.74, 6) is 0.00359. The molecule has 1 aliphatic heterocycles. The highest BCUT2D eigenvalue weighted by molar-refractivity contribution is 5.88. The number of aromatic nitrogens is 1. The van der Waals surface area contributed by atoms with Crippen molar-refractivity contribution in [3.8, 4) is 11.5 Å². The van der Waals surface area contributed by atoms with Gasteiger partial charge in [-0.25, -0.2) is 14.2 Å². The predicted octanol–water partition coefficient (Wildman–Crippen LogP) is 2.52. The summed E-state index contributed by atoms with van der Waals surface area (Å²) in [7, 11) is 1.60. The third-order valence-corrected chi connectivity index (χ3v) is 4.65. The molecule has 4 N–H and O–H groups in total. The van der Waals surface area contributed by atoms with Gasteiger partial charge in [-0.15, -0.1) is 0 Å². The van der Waals surface area contributed by atoms with Crippen LogP contribution in [0, 0.1) is 5.82 Å². The molecule has 1 atom stereocenters. The second-order valence-electron chi connectivity index (χ2n) is 7.14. The molecule has 0 aliphatic carbocycles. The maximum Gasteiger partial charge on any atom is 0.322 e. The number of carbonyl (C=O) groups is 1. The number of nitrogens with one attached hydrogen (secondary N) is 1. The fraction of sp³-hybridized carbons (Fsp3) is 0.400. The van der Waals surface area contributed by atoms with Crippen LogP contribution < -0.4 is 15.8 Å². The number of carbonyl (C=O) groups excluding carboxylic acids is 1. The van der Waals surface area contributed by atoms with Crippen molar-refractivity contribution in [1.82, 2.24) is 14.8 Å². The second kappa shape index (κ2) is 9.53. The summed E-state index contributed by atoms with van der Waals surface area (Å²) < 4.78 is 19.4. The molecule has 156 valence electrons. The van der Waals surface area contributed by atoms with Gasteiger partial charge in [0.05, 0.1) is 6.10 Å². The summed E-state index contributed by atoms with van der Waals surface area (Å²) in [5.41, 5.74) is 5.83. The normalized spacial score (nSPS) is 15.1. The third-order valence-electron chi connectivity index (χ3n) is 4.65. The number of anilines is 2. The minimum Gasteiger partial charge on any atom is -0.454 e. The molecule has 1 aromatic heterocycles. The number of hydrogen-bond acceptors (Lipinski definition) is 6. The van der Waals surface area contributed by atoms with Gasteiger partial charge < -0.3 is 25.4 Å². The van der Waals surface area contributed by atoms with Crippen LogP contribution in [-0.4, -0.2) is 65.3 Å². The number of urea groups is 1. The molecule has 1 aliphatic rings. The van der Waals surface area contributed by atoms with E-state index < -0.39 is 18.0 Å². The van der Waals surface area contributed by atoms with Gasteiger partial charge in [-0.05, 0) is 44.1 Å². The average Bonchev–Trinajstić information content (AvgIpc) is 3.17. The van der Waals surface area contributed by atoms with Crippen LogP contribution in [0.25, 0.3) is 0 Å². The van der Waals surface area contributed by atoms with Gasteiger partial charge in [-0.2, -0.15) is 0 Å². The van der Waals surface area contributed by atoms with Crippen molar-refractivity contribution in [3.05, 3.63) is 42.3 Å². The van der Waals surface area contributed by atoms with Crippen LogP contribution in [0.3, 0.4) is 0 Å². The Morgan fingerprint density at radius 2 is 2.14 bits per heavy atom. The lowest BCUT2D eigenvalue weighted by Gasteiger charge is -2.24. The van der Waals surface area contributed by atoms with Crippen molar-refractivity contribution in [2.45, 2.75) is 18.9 Å². The Morgan fingerprint density at radius 3 is 2.86 bits per heavy atom. The smallest absolute Gasteiger partial charge is 0.322 e. The monoisotopic (exact) mass is 403 g/mol. The molecule has 1 aromatic carbocycles. The number of aliphatic hydroxyl groups excluding tert-OH is 1. The first-order chi connectivity index (χ1) is 13.9. The van der Waals surface area contributed by atoms with Crippen molar-refractivity contribution < 1.29 is 19.0 Å². The summed E-state index contributed by atoms with van der Waals surface area (Å²) in [6, 6.07) is 6.76. The molecular formula is C20H26FN5O3. The number of benzene rings is 1. The van der Waals surface area contributed by atoms with Gasteiger partial charge in [0, 0.05) is 44.2 Å². The van der Waals surface area contributed by atoms with Crippen LogP contribution in [-0.2, 0) is 0 Å². The molecule has 29 heavy (non-hydrogen) atoms. The van der Waals surface area contributed by atoms with Gasteiger partial charge in [0.25, 0.3) is 0 Å². The van der Waals surface area contributed by atoms with E-state index in [1.165, 1.54) is 35.4 Å². The fourth-order valence-corrected chi connectivity index (χ4v) is 3.19. The van der Waals surface area contributed by atoms with Crippen LogP contribution in [0.5, 0.6) is 11.5 Å². The first kappa shape index (κ1) is 20.8. The highest BCUT2D eigenvalue weighted by Crippen LogP contribution is 2.26. The summed E-state index contributed by atoms with van der Waals surface area (Å²) in [6.45, 7) is 2.72. The SMILES string of the molecule is CN(C[C@H](O)CN1CCCC1)C(=O)Nc1cc(Oc2ccc(N)cc2F)ccn1. The quantitative estimate of drug-likeness (QED) is 0.614. The molecule has 9 heteroatoms. The topological polar surface area (TPSA) is 104 Å². The Hall–Kier alpha value is -2.91. The molecule has 0 radical (unpaired) electrons. The van der Waals surface area contributed by atoms with E-state index >= 15 is 0 Å². The molecule has 8 nitrogen and oxygen atoms in total. The molecule has 1 saturated heterocycles.